The molecule has 3 heterocycles. The Morgan fingerprint density at radius 1 is 1.29 bits per heavy atom. The normalized spacial score (nSPS) is 17.4. The van der Waals surface area contributed by atoms with Gasteiger partial charge in [-0.3, -0.25) is 4.79 Å². The number of halogens is 1. The number of H-pyrrole nitrogens is 1. The number of amides is 1. The highest BCUT2D eigenvalue weighted by atomic mass is 35.5. The first-order valence-corrected chi connectivity index (χ1v) is 8.08. The molecule has 4 rings (SSSR count). The van der Waals surface area contributed by atoms with E-state index in [0.29, 0.717) is 23.8 Å². The molecule has 1 aliphatic rings. The fourth-order valence-corrected chi connectivity index (χ4v) is 2.98. The third-order valence-corrected chi connectivity index (χ3v) is 4.26. The maximum atomic E-state index is 12.6. The van der Waals surface area contributed by atoms with Gasteiger partial charge in [-0.15, -0.1) is 0 Å². The Hall–Kier alpha value is -2.60. The van der Waals surface area contributed by atoms with Crippen molar-refractivity contribution in [3.8, 4) is 6.01 Å². The molecule has 1 unspecified atom stereocenters. The highest BCUT2D eigenvalue weighted by Gasteiger charge is 2.29. The van der Waals surface area contributed by atoms with Crippen LogP contribution in [0.4, 0.5) is 0 Å². The van der Waals surface area contributed by atoms with E-state index in [-0.39, 0.29) is 18.0 Å². The Balaban J connectivity index is 1.44. The average molecular weight is 343 g/mol. The van der Waals surface area contributed by atoms with Crippen molar-refractivity contribution in [2.75, 3.05) is 13.1 Å². The van der Waals surface area contributed by atoms with Crippen molar-refractivity contribution in [3.63, 3.8) is 0 Å². The molecule has 7 heteroatoms. The zero-order valence-corrected chi connectivity index (χ0v) is 13.5. The molecular weight excluding hydrogens is 328 g/mol. The number of benzene rings is 1. The molecule has 0 bridgehead atoms. The number of carbonyl (C=O) groups is 1. The number of carbonyl (C=O) groups excluding carboxylic acids is 1. The lowest BCUT2D eigenvalue weighted by Crippen LogP contribution is -2.31. The van der Waals surface area contributed by atoms with Gasteiger partial charge in [0, 0.05) is 23.9 Å². The van der Waals surface area contributed by atoms with Gasteiger partial charge in [-0.05, 0) is 12.1 Å². The molecule has 2 aromatic heterocycles. The molecule has 6 nitrogen and oxygen atoms in total. The van der Waals surface area contributed by atoms with Crippen LogP contribution < -0.4 is 4.74 Å². The van der Waals surface area contributed by atoms with Gasteiger partial charge in [-0.1, -0.05) is 29.8 Å². The summed E-state index contributed by atoms with van der Waals surface area (Å²) in [4.78, 5) is 25.7. The SMILES string of the molecule is O=C(c1cc2ccccc2[nH]1)N1CCC(Oc2ncc(Cl)cn2)C1. The second kappa shape index (κ2) is 6.13. The molecule has 1 N–H and O–H groups in total. The minimum Gasteiger partial charge on any atom is -0.458 e. The number of aromatic amines is 1. The molecule has 122 valence electrons. The maximum Gasteiger partial charge on any atom is 0.316 e. The van der Waals surface area contributed by atoms with Crippen LogP contribution in [0.3, 0.4) is 0 Å². The molecule has 0 saturated carbocycles. The largest absolute Gasteiger partial charge is 0.458 e. The molecule has 0 spiro atoms. The summed E-state index contributed by atoms with van der Waals surface area (Å²) >= 11 is 5.76. The molecule has 0 radical (unpaired) electrons. The number of aromatic nitrogens is 3. The van der Waals surface area contributed by atoms with Crippen LogP contribution in [-0.4, -0.2) is 45.0 Å². The molecule has 3 aromatic rings. The molecular formula is C17H15ClN4O2. The standard InChI is InChI=1S/C17H15ClN4O2/c18-12-8-19-17(20-9-12)24-13-5-6-22(10-13)16(23)15-7-11-3-1-2-4-14(11)21-15/h1-4,7-9,13,21H,5-6,10H2. The van der Waals surface area contributed by atoms with Gasteiger partial charge in [-0.25, -0.2) is 9.97 Å². The third-order valence-electron chi connectivity index (χ3n) is 4.06. The lowest BCUT2D eigenvalue weighted by molar-refractivity contribution is 0.0765. The number of para-hydroxylation sites is 1. The number of hydrogen-bond donors (Lipinski definition) is 1. The van der Waals surface area contributed by atoms with Gasteiger partial charge in [0.1, 0.15) is 11.8 Å². The van der Waals surface area contributed by atoms with E-state index >= 15 is 0 Å². The van der Waals surface area contributed by atoms with Gasteiger partial charge >= 0.3 is 6.01 Å². The van der Waals surface area contributed by atoms with E-state index in [2.05, 4.69) is 15.0 Å². The number of fused-ring (bicyclic) bond motifs is 1. The van der Waals surface area contributed by atoms with Crippen LogP contribution in [0.5, 0.6) is 6.01 Å². The van der Waals surface area contributed by atoms with Crippen LogP contribution in [0.25, 0.3) is 10.9 Å². The van der Waals surface area contributed by atoms with Crippen LogP contribution in [0.2, 0.25) is 5.02 Å². The van der Waals surface area contributed by atoms with Gasteiger partial charge in [-0.2, -0.15) is 0 Å². The second-order valence-corrected chi connectivity index (χ2v) is 6.17. The van der Waals surface area contributed by atoms with Crippen molar-refractivity contribution in [2.45, 2.75) is 12.5 Å². The first-order chi connectivity index (χ1) is 11.7. The first-order valence-electron chi connectivity index (χ1n) is 7.70. The van der Waals surface area contributed by atoms with Crippen molar-refractivity contribution in [3.05, 3.63) is 53.4 Å². The zero-order chi connectivity index (χ0) is 16.5. The summed E-state index contributed by atoms with van der Waals surface area (Å²) in [6.45, 7) is 1.16. The lowest BCUT2D eigenvalue weighted by atomic mass is 10.2. The molecule has 0 aliphatic carbocycles. The van der Waals surface area contributed by atoms with Gasteiger partial charge in [0.25, 0.3) is 5.91 Å². The number of hydrogen-bond acceptors (Lipinski definition) is 4. The highest BCUT2D eigenvalue weighted by molar-refractivity contribution is 6.30. The third kappa shape index (κ3) is 2.92. The van der Waals surface area contributed by atoms with Gasteiger partial charge in [0.15, 0.2) is 0 Å². The monoisotopic (exact) mass is 342 g/mol. The predicted octanol–water partition coefficient (Wildman–Crippen LogP) is 2.90. The Labute approximate surface area is 143 Å². The lowest BCUT2D eigenvalue weighted by Gasteiger charge is -2.15. The number of rotatable bonds is 3. The summed E-state index contributed by atoms with van der Waals surface area (Å²) in [6, 6.07) is 10.0. The summed E-state index contributed by atoms with van der Waals surface area (Å²) in [5.74, 6) is -0.0191. The summed E-state index contributed by atoms with van der Waals surface area (Å²) in [6.07, 6.45) is 3.62. The van der Waals surface area contributed by atoms with Gasteiger partial charge < -0.3 is 14.6 Å². The van der Waals surface area contributed by atoms with Crippen LogP contribution in [0.15, 0.2) is 42.7 Å². The van der Waals surface area contributed by atoms with E-state index in [1.54, 1.807) is 4.90 Å². The second-order valence-electron chi connectivity index (χ2n) is 5.73. The molecule has 1 aliphatic heterocycles. The fourth-order valence-electron chi connectivity index (χ4n) is 2.88. The summed E-state index contributed by atoms with van der Waals surface area (Å²) in [5, 5.41) is 1.49. The molecule has 1 amide bonds. The van der Waals surface area contributed by atoms with E-state index in [0.717, 1.165) is 17.3 Å². The number of nitrogens with one attached hydrogen (secondary N) is 1. The maximum absolute atomic E-state index is 12.6. The number of likely N-dealkylation sites (tertiary alicyclic amines) is 1. The summed E-state index contributed by atoms with van der Waals surface area (Å²) in [7, 11) is 0. The molecule has 1 saturated heterocycles. The Morgan fingerprint density at radius 2 is 2.08 bits per heavy atom. The van der Waals surface area contributed by atoms with E-state index in [9.17, 15) is 4.79 Å². The van der Waals surface area contributed by atoms with E-state index in [1.165, 1.54) is 12.4 Å². The number of nitrogens with zero attached hydrogens (tertiary/aromatic N) is 3. The fraction of sp³-hybridized carbons (Fsp3) is 0.235. The summed E-state index contributed by atoms with van der Waals surface area (Å²) in [5.41, 5.74) is 1.56. The zero-order valence-electron chi connectivity index (χ0n) is 12.8. The average Bonchev–Trinajstić information content (AvgIpc) is 3.23. The summed E-state index contributed by atoms with van der Waals surface area (Å²) < 4.78 is 5.72. The minimum atomic E-state index is -0.112. The van der Waals surface area contributed by atoms with E-state index in [1.807, 2.05) is 30.3 Å². The molecule has 24 heavy (non-hydrogen) atoms. The van der Waals surface area contributed by atoms with Gasteiger partial charge in [0.2, 0.25) is 0 Å². The van der Waals surface area contributed by atoms with Gasteiger partial charge in [0.05, 0.1) is 24.0 Å². The van der Waals surface area contributed by atoms with Crippen LogP contribution >= 0.6 is 11.6 Å². The quantitative estimate of drug-likeness (QED) is 0.794. The van der Waals surface area contributed by atoms with Crippen molar-refractivity contribution in [2.24, 2.45) is 0 Å². The minimum absolute atomic E-state index is 0.0191. The Kier molecular flexibility index (Phi) is 3.82. The molecule has 1 atom stereocenters. The molecule has 1 fully saturated rings. The van der Waals surface area contributed by atoms with E-state index in [4.69, 9.17) is 16.3 Å². The number of ether oxygens (including phenoxy) is 1. The van der Waals surface area contributed by atoms with Crippen molar-refractivity contribution in [1.29, 1.82) is 0 Å². The Bertz CT molecular complexity index is 845. The van der Waals surface area contributed by atoms with Crippen LogP contribution in [-0.2, 0) is 0 Å². The van der Waals surface area contributed by atoms with Crippen molar-refractivity contribution < 1.29 is 9.53 Å². The van der Waals surface area contributed by atoms with Crippen LogP contribution in [0, 0.1) is 0 Å². The highest BCUT2D eigenvalue weighted by Crippen LogP contribution is 2.20. The topological polar surface area (TPSA) is 71.1 Å². The first kappa shape index (κ1) is 15.0. The molecule has 1 aromatic carbocycles. The Morgan fingerprint density at radius 3 is 2.88 bits per heavy atom. The van der Waals surface area contributed by atoms with Crippen molar-refractivity contribution in [1.82, 2.24) is 19.9 Å². The van der Waals surface area contributed by atoms with E-state index < -0.39 is 0 Å². The predicted molar refractivity (Wildman–Crippen MR) is 90.3 cm³/mol. The smallest absolute Gasteiger partial charge is 0.316 e. The van der Waals surface area contributed by atoms with Crippen molar-refractivity contribution >= 4 is 28.4 Å². The van der Waals surface area contributed by atoms with Crippen LogP contribution in [0.1, 0.15) is 16.9 Å².